The summed E-state index contributed by atoms with van der Waals surface area (Å²) in [5.74, 6) is 1.94. The average Bonchev–Trinajstić information content (AvgIpc) is 2.95. The number of amides is 2. The molecule has 1 aromatic carbocycles. The van der Waals surface area contributed by atoms with Gasteiger partial charge in [-0.1, -0.05) is 18.2 Å². The zero-order valence-electron chi connectivity index (χ0n) is 14.4. The monoisotopic (exact) mass is 340 g/mol. The van der Waals surface area contributed by atoms with Crippen LogP contribution in [0.3, 0.4) is 0 Å². The molecule has 25 heavy (non-hydrogen) atoms. The molecule has 2 amide bonds. The molecule has 1 N–H and O–H groups in total. The van der Waals surface area contributed by atoms with Crippen LogP contribution in [0.25, 0.3) is 0 Å². The molecule has 5 rings (SSSR count). The van der Waals surface area contributed by atoms with Gasteiger partial charge in [-0.15, -0.1) is 0 Å². The number of likely N-dealkylation sites (tertiary alicyclic amines) is 1. The molecule has 1 unspecified atom stereocenters. The van der Waals surface area contributed by atoms with Gasteiger partial charge in [0.05, 0.1) is 12.5 Å². The number of ether oxygens (including phenoxy) is 1. The van der Waals surface area contributed by atoms with E-state index in [1.807, 2.05) is 4.90 Å². The zero-order valence-corrected chi connectivity index (χ0v) is 14.4. The van der Waals surface area contributed by atoms with Gasteiger partial charge in [-0.25, -0.2) is 4.79 Å². The Morgan fingerprint density at radius 1 is 1.16 bits per heavy atom. The predicted molar refractivity (Wildman–Crippen MR) is 92.2 cm³/mol. The molecule has 3 fully saturated rings. The number of hydrogen-bond donors (Lipinski definition) is 1. The number of fused-ring (bicyclic) bond motifs is 2. The fourth-order valence-electron chi connectivity index (χ4n) is 5.12. The van der Waals surface area contributed by atoms with Gasteiger partial charge in [0, 0.05) is 19.6 Å². The minimum atomic E-state index is -0.406. The molecular formula is C20H24N2O3. The molecule has 5 nitrogen and oxygen atoms in total. The molecule has 2 heterocycles. The van der Waals surface area contributed by atoms with Crippen LogP contribution in [0.5, 0.6) is 0 Å². The topological polar surface area (TPSA) is 58.6 Å². The van der Waals surface area contributed by atoms with E-state index in [0.717, 1.165) is 13.1 Å². The maximum Gasteiger partial charge on any atom is 0.407 e. The van der Waals surface area contributed by atoms with E-state index in [-0.39, 0.29) is 11.8 Å². The summed E-state index contributed by atoms with van der Waals surface area (Å²) in [4.78, 5) is 26.0. The van der Waals surface area contributed by atoms with Gasteiger partial charge in [0.1, 0.15) is 0 Å². The number of piperidine rings is 1. The van der Waals surface area contributed by atoms with Gasteiger partial charge in [-0.3, -0.25) is 4.79 Å². The summed E-state index contributed by atoms with van der Waals surface area (Å²) in [5.41, 5.74) is 4.56. The maximum absolute atomic E-state index is 12.7. The predicted octanol–water partition coefficient (Wildman–Crippen LogP) is 2.09. The summed E-state index contributed by atoms with van der Waals surface area (Å²) in [6.45, 7) is 2.48. The minimum absolute atomic E-state index is 0.137. The Hall–Kier alpha value is -2.04. The van der Waals surface area contributed by atoms with E-state index in [1.165, 1.54) is 30.4 Å². The van der Waals surface area contributed by atoms with Crippen molar-refractivity contribution in [1.29, 1.82) is 0 Å². The van der Waals surface area contributed by atoms with Crippen LogP contribution in [0.4, 0.5) is 4.79 Å². The van der Waals surface area contributed by atoms with Crippen molar-refractivity contribution < 1.29 is 14.3 Å². The van der Waals surface area contributed by atoms with Gasteiger partial charge in [0.25, 0.3) is 0 Å². The molecule has 2 aliphatic heterocycles. The van der Waals surface area contributed by atoms with Crippen molar-refractivity contribution in [3.63, 3.8) is 0 Å². The third-order valence-electron chi connectivity index (χ3n) is 6.55. The van der Waals surface area contributed by atoms with Gasteiger partial charge >= 0.3 is 6.09 Å². The highest BCUT2D eigenvalue weighted by Gasteiger charge is 2.57. The van der Waals surface area contributed by atoms with Crippen LogP contribution in [-0.2, 0) is 22.4 Å². The first-order valence-electron chi connectivity index (χ1n) is 9.52. The van der Waals surface area contributed by atoms with E-state index in [4.69, 9.17) is 4.74 Å². The molecule has 4 atom stereocenters. The number of hydrogen-bond acceptors (Lipinski definition) is 3. The zero-order chi connectivity index (χ0) is 17.0. The Bertz CT molecular complexity index is 720. The number of aryl methyl sites for hydroxylation is 2. The van der Waals surface area contributed by atoms with Crippen molar-refractivity contribution >= 4 is 12.0 Å². The highest BCUT2D eigenvalue weighted by atomic mass is 16.5. The second-order valence-electron chi connectivity index (χ2n) is 7.98. The fraction of sp³-hybridized carbons (Fsp3) is 0.600. The summed E-state index contributed by atoms with van der Waals surface area (Å²) >= 11 is 0. The molecule has 4 aliphatic rings. The van der Waals surface area contributed by atoms with Crippen LogP contribution in [0.1, 0.15) is 35.4 Å². The first-order chi connectivity index (χ1) is 12.2. The molecule has 132 valence electrons. The first-order valence-corrected chi connectivity index (χ1v) is 9.52. The summed E-state index contributed by atoms with van der Waals surface area (Å²) in [5, 5.41) is 2.67. The van der Waals surface area contributed by atoms with Gasteiger partial charge < -0.3 is 15.0 Å². The Kier molecular flexibility index (Phi) is 3.50. The van der Waals surface area contributed by atoms with Crippen LogP contribution in [-0.4, -0.2) is 43.1 Å². The van der Waals surface area contributed by atoms with Crippen molar-refractivity contribution in [2.75, 3.05) is 26.2 Å². The van der Waals surface area contributed by atoms with Crippen molar-refractivity contribution in [2.24, 2.45) is 17.8 Å². The second-order valence-corrected chi connectivity index (χ2v) is 7.98. The largest absolute Gasteiger partial charge is 0.450 e. The molecule has 5 heteroatoms. The summed E-state index contributed by atoms with van der Waals surface area (Å²) in [6.07, 6.45) is 3.97. The van der Waals surface area contributed by atoms with Gasteiger partial charge in [0.15, 0.2) is 0 Å². The van der Waals surface area contributed by atoms with Crippen molar-refractivity contribution in [3.05, 3.63) is 34.9 Å². The Labute approximate surface area is 147 Å². The van der Waals surface area contributed by atoms with E-state index in [2.05, 4.69) is 23.5 Å². The number of nitrogens with zero attached hydrogens (tertiary/aromatic N) is 1. The summed E-state index contributed by atoms with van der Waals surface area (Å²) < 4.78 is 4.97. The molecule has 2 saturated heterocycles. The molecule has 1 saturated carbocycles. The van der Waals surface area contributed by atoms with Crippen molar-refractivity contribution in [3.8, 4) is 0 Å². The van der Waals surface area contributed by atoms with E-state index >= 15 is 0 Å². The Balaban J connectivity index is 1.22. The maximum atomic E-state index is 12.7. The molecule has 0 spiro atoms. The third-order valence-corrected chi connectivity index (χ3v) is 6.55. The lowest BCUT2D eigenvalue weighted by Gasteiger charge is -2.24. The molecule has 1 aromatic rings. The number of cyclic esters (lactones) is 1. The number of benzene rings is 1. The number of alkyl carbamates (subject to hydrolysis) is 1. The van der Waals surface area contributed by atoms with Crippen LogP contribution in [0.2, 0.25) is 0 Å². The van der Waals surface area contributed by atoms with E-state index in [1.54, 1.807) is 5.56 Å². The normalized spacial score (nSPS) is 33.1. The highest BCUT2D eigenvalue weighted by molar-refractivity contribution is 5.81. The SMILES string of the molecule is O=C1NC[C@H](C(=O)N2C[C@@H]3C(c4ccc5c(c4)CCC5)[C@@H]3C2)CCO1. The standard InChI is InChI=1S/C20H24N2O3/c23-19(15-6-7-25-20(24)21-9-15)22-10-16-17(11-22)18(16)14-5-4-12-2-1-3-13(12)8-14/h4-5,8,15-18H,1-3,6-7,9-11H2,(H,21,24)/t15-,16-,17+,18?/m1/s1. The molecule has 0 aromatic heterocycles. The average molecular weight is 340 g/mol. The summed E-state index contributed by atoms with van der Waals surface area (Å²) in [7, 11) is 0. The van der Waals surface area contributed by atoms with Crippen molar-refractivity contribution in [1.82, 2.24) is 10.2 Å². The first kappa shape index (κ1) is 15.2. The number of nitrogens with one attached hydrogen (secondary N) is 1. The van der Waals surface area contributed by atoms with Gasteiger partial charge in [-0.05, 0) is 60.1 Å². The van der Waals surface area contributed by atoms with Crippen LogP contribution in [0, 0.1) is 17.8 Å². The van der Waals surface area contributed by atoms with Crippen LogP contribution < -0.4 is 5.32 Å². The third kappa shape index (κ3) is 2.60. The van der Waals surface area contributed by atoms with Gasteiger partial charge in [0.2, 0.25) is 5.91 Å². The molecule has 0 radical (unpaired) electrons. The van der Waals surface area contributed by atoms with Crippen molar-refractivity contribution in [2.45, 2.75) is 31.6 Å². The lowest BCUT2D eigenvalue weighted by atomic mass is 10.00. The minimum Gasteiger partial charge on any atom is -0.450 e. The van der Waals surface area contributed by atoms with E-state index in [9.17, 15) is 9.59 Å². The number of rotatable bonds is 2. The Morgan fingerprint density at radius 2 is 1.96 bits per heavy atom. The van der Waals surface area contributed by atoms with E-state index < -0.39 is 6.09 Å². The number of carbonyl (C=O) groups excluding carboxylic acids is 2. The second kappa shape index (κ2) is 5.75. The highest BCUT2D eigenvalue weighted by Crippen LogP contribution is 2.58. The molecular weight excluding hydrogens is 316 g/mol. The lowest BCUT2D eigenvalue weighted by molar-refractivity contribution is -0.135. The fourth-order valence-corrected chi connectivity index (χ4v) is 5.12. The smallest absolute Gasteiger partial charge is 0.407 e. The lowest BCUT2D eigenvalue weighted by Crippen LogP contribution is -2.40. The quantitative estimate of drug-likeness (QED) is 0.897. The summed E-state index contributed by atoms with van der Waals surface area (Å²) in [6, 6.07) is 7.07. The van der Waals surface area contributed by atoms with Crippen LogP contribution >= 0.6 is 0 Å². The number of carbonyl (C=O) groups is 2. The van der Waals surface area contributed by atoms with Crippen LogP contribution in [0.15, 0.2) is 18.2 Å². The van der Waals surface area contributed by atoms with Gasteiger partial charge in [-0.2, -0.15) is 0 Å². The molecule has 0 bridgehead atoms. The molecule has 2 aliphatic carbocycles. The van der Waals surface area contributed by atoms with E-state index in [0.29, 0.717) is 37.3 Å². The Morgan fingerprint density at radius 3 is 2.80 bits per heavy atom.